The predicted molar refractivity (Wildman–Crippen MR) is 89.0 cm³/mol. The quantitative estimate of drug-likeness (QED) is 0.884. The van der Waals surface area contributed by atoms with E-state index in [1.54, 1.807) is 6.92 Å². The standard InChI is InChI=1S/C17H23NO2S/c1-11(2)9-17(4,20)10-18-16(19)15-12(3)13-7-5-6-8-14(13)21-15/h5-8,11,20H,9-10H2,1-4H3,(H,18,19). The summed E-state index contributed by atoms with van der Waals surface area (Å²) in [6.07, 6.45) is 0.665. The third-order valence-electron chi connectivity index (χ3n) is 3.53. The molecule has 0 fully saturated rings. The molecule has 114 valence electrons. The minimum Gasteiger partial charge on any atom is -0.388 e. The molecule has 2 aromatic rings. The van der Waals surface area contributed by atoms with Crippen LogP contribution in [0.5, 0.6) is 0 Å². The maximum Gasteiger partial charge on any atom is 0.261 e. The molecule has 1 heterocycles. The fourth-order valence-corrected chi connectivity index (χ4v) is 3.82. The second-order valence-electron chi connectivity index (χ2n) is 6.33. The van der Waals surface area contributed by atoms with Gasteiger partial charge in [-0.25, -0.2) is 0 Å². The lowest BCUT2D eigenvalue weighted by Gasteiger charge is -2.25. The van der Waals surface area contributed by atoms with Crippen molar-refractivity contribution in [3.63, 3.8) is 0 Å². The van der Waals surface area contributed by atoms with Gasteiger partial charge in [-0.3, -0.25) is 4.79 Å². The molecule has 0 radical (unpaired) electrons. The van der Waals surface area contributed by atoms with Crippen molar-refractivity contribution in [2.24, 2.45) is 5.92 Å². The van der Waals surface area contributed by atoms with Crippen LogP contribution in [0, 0.1) is 12.8 Å². The van der Waals surface area contributed by atoms with E-state index in [9.17, 15) is 9.90 Å². The summed E-state index contributed by atoms with van der Waals surface area (Å²) in [7, 11) is 0. The average molecular weight is 305 g/mol. The smallest absolute Gasteiger partial charge is 0.261 e. The van der Waals surface area contributed by atoms with Gasteiger partial charge in [0.15, 0.2) is 0 Å². The van der Waals surface area contributed by atoms with E-state index in [2.05, 4.69) is 19.2 Å². The SMILES string of the molecule is Cc1c(C(=O)NCC(C)(O)CC(C)C)sc2ccccc12. The van der Waals surface area contributed by atoms with Gasteiger partial charge < -0.3 is 10.4 Å². The molecule has 0 aliphatic carbocycles. The van der Waals surface area contributed by atoms with Gasteiger partial charge in [-0.1, -0.05) is 32.0 Å². The summed E-state index contributed by atoms with van der Waals surface area (Å²) >= 11 is 1.50. The van der Waals surface area contributed by atoms with E-state index in [-0.39, 0.29) is 12.5 Å². The van der Waals surface area contributed by atoms with Gasteiger partial charge in [0, 0.05) is 11.2 Å². The highest BCUT2D eigenvalue weighted by atomic mass is 32.1. The van der Waals surface area contributed by atoms with Crippen molar-refractivity contribution in [3.05, 3.63) is 34.7 Å². The Hall–Kier alpha value is -1.39. The lowest BCUT2D eigenvalue weighted by Crippen LogP contribution is -2.41. The Morgan fingerprint density at radius 1 is 1.38 bits per heavy atom. The van der Waals surface area contributed by atoms with E-state index in [1.807, 2.05) is 31.2 Å². The minimum absolute atomic E-state index is 0.0993. The van der Waals surface area contributed by atoms with Crippen LogP contribution in [0.15, 0.2) is 24.3 Å². The average Bonchev–Trinajstić information content (AvgIpc) is 2.73. The molecule has 2 rings (SSSR count). The summed E-state index contributed by atoms with van der Waals surface area (Å²) in [6, 6.07) is 8.02. The Morgan fingerprint density at radius 2 is 2.05 bits per heavy atom. The fraction of sp³-hybridized carbons (Fsp3) is 0.471. The Morgan fingerprint density at radius 3 is 2.67 bits per heavy atom. The van der Waals surface area contributed by atoms with Crippen LogP contribution < -0.4 is 5.32 Å². The van der Waals surface area contributed by atoms with Crippen molar-refractivity contribution >= 4 is 27.3 Å². The molecule has 1 unspecified atom stereocenters. The van der Waals surface area contributed by atoms with Crippen LogP contribution >= 0.6 is 11.3 Å². The van der Waals surface area contributed by atoms with Gasteiger partial charge in [-0.05, 0) is 43.2 Å². The fourth-order valence-electron chi connectivity index (χ4n) is 2.69. The Balaban J connectivity index is 2.11. The van der Waals surface area contributed by atoms with Gasteiger partial charge in [0.1, 0.15) is 0 Å². The number of carbonyl (C=O) groups is 1. The van der Waals surface area contributed by atoms with Crippen molar-refractivity contribution in [1.29, 1.82) is 0 Å². The van der Waals surface area contributed by atoms with Crippen LogP contribution in [0.1, 0.15) is 42.4 Å². The highest BCUT2D eigenvalue weighted by molar-refractivity contribution is 7.21. The van der Waals surface area contributed by atoms with Gasteiger partial charge in [-0.2, -0.15) is 0 Å². The summed E-state index contributed by atoms with van der Waals surface area (Å²) in [6.45, 7) is 8.14. The molecule has 1 aromatic heterocycles. The first-order chi connectivity index (χ1) is 9.80. The number of rotatable bonds is 5. The van der Waals surface area contributed by atoms with Crippen molar-refractivity contribution in [1.82, 2.24) is 5.32 Å². The maximum absolute atomic E-state index is 12.4. The molecule has 21 heavy (non-hydrogen) atoms. The summed E-state index contributed by atoms with van der Waals surface area (Å²) in [4.78, 5) is 13.1. The Labute approximate surface area is 130 Å². The normalized spacial score (nSPS) is 14.4. The maximum atomic E-state index is 12.4. The van der Waals surface area contributed by atoms with Crippen molar-refractivity contribution in [2.45, 2.75) is 39.7 Å². The van der Waals surface area contributed by atoms with E-state index >= 15 is 0 Å². The lowest BCUT2D eigenvalue weighted by atomic mass is 9.94. The number of fused-ring (bicyclic) bond motifs is 1. The molecule has 1 amide bonds. The number of aliphatic hydroxyl groups is 1. The molecule has 0 aliphatic rings. The van der Waals surface area contributed by atoms with E-state index in [1.165, 1.54) is 11.3 Å². The Kier molecular flexibility index (Phi) is 4.69. The van der Waals surface area contributed by atoms with Crippen molar-refractivity contribution < 1.29 is 9.90 Å². The van der Waals surface area contributed by atoms with E-state index in [0.29, 0.717) is 12.3 Å². The molecule has 2 N–H and O–H groups in total. The molecule has 1 atom stereocenters. The molecule has 0 saturated carbocycles. The highest BCUT2D eigenvalue weighted by Crippen LogP contribution is 2.30. The number of thiophene rings is 1. The summed E-state index contributed by atoms with van der Waals surface area (Å²) in [5, 5.41) is 14.3. The van der Waals surface area contributed by atoms with Crippen LogP contribution in [-0.2, 0) is 0 Å². The van der Waals surface area contributed by atoms with Crippen molar-refractivity contribution in [3.8, 4) is 0 Å². The van der Waals surface area contributed by atoms with Gasteiger partial charge >= 0.3 is 0 Å². The van der Waals surface area contributed by atoms with Crippen LogP contribution in [0.2, 0.25) is 0 Å². The van der Waals surface area contributed by atoms with Gasteiger partial charge in [0.25, 0.3) is 5.91 Å². The number of benzene rings is 1. The first-order valence-corrected chi connectivity index (χ1v) is 8.10. The topological polar surface area (TPSA) is 49.3 Å². The zero-order valence-electron chi connectivity index (χ0n) is 13.1. The van der Waals surface area contributed by atoms with E-state index < -0.39 is 5.60 Å². The third-order valence-corrected chi connectivity index (χ3v) is 4.80. The minimum atomic E-state index is -0.867. The largest absolute Gasteiger partial charge is 0.388 e. The molecule has 0 aliphatic heterocycles. The van der Waals surface area contributed by atoms with Crippen LogP contribution in [-0.4, -0.2) is 23.2 Å². The first kappa shape index (κ1) is 16.0. The van der Waals surface area contributed by atoms with Gasteiger partial charge in [-0.15, -0.1) is 11.3 Å². The zero-order chi connectivity index (χ0) is 15.6. The molecule has 0 saturated heterocycles. The lowest BCUT2D eigenvalue weighted by molar-refractivity contribution is 0.0369. The number of hydrogen-bond acceptors (Lipinski definition) is 3. The van der Waals surface area contributed by atoms with E-state index in [0.717, 1.165) is 20.5 Å². The highest BCUT2D eigenvalue weighted by Gasteiger charge is 2.24. The van der Waals surface area contributed by atoms with Gasteiger partial charge in [0.2, 0.25) is 0 Å². The summed E-state index contributed by atoms with van der Waals surface area (Å²) < 4.78 is 1.12. The number of amides is 1. The molecule has 3 nitrogen and oxygen atoms in total. The molecule has 1 aromatic carbocycles. The monoisotopic (exact) mass is 305 g/mol. The summed E-state index contributed by atoms with van der Waals surface area (Å²) in [5.74, 6) is 0.292. The first-order valence-electron chi connectivity index (χ1n) is 7.29. The number of aryl methyl sites for hydroxylation is 1. The molecule has 0 spiro atoms. The molecular weight excluding hydrogens is 282 g/mol. The number of carbonyl (C=O) groups excluding carboxylic acids is 1. The second kappa shape index (κ2) is 6.16. The summed E-state index contributed by atoms with van der Waals surface area (Å²) in [5.41, 5.74) is 0.144. The third kappa shape index (κ3) is 3.83. The number of nitrogens with one attached hydrogen (secondary N) is 1. The zero-order valence-corrected chi connectivity index (χ0v) is 13.9. The van der Waals surface area contributed by atoms with Crippen LogP contribution in [0.3, 0.4) is 0 Å². The van der Waals surface area contributed by atoms with Gasteiger partial charge in [0.05, 0.1) is 10.5 Å². The second-order valence-corrected chi connectivity index (χ2v) is 7.38. The molecular formula is C17H23NO2S. The van der Waals surface area contributed by atoms with Crippen LogP contribution in [0.4, 0.5) is 0 Å². The van der Waals surface area contributed by atoms with Crippen molar-refractivity contribution in [2.75, 3.05) is 6.54 Å². The van der Waals surface area contributed by atoms with E-state index in [4.69, 9.17) is 0 Å². The predicted octanol–water partition coefficient (Wildman–Crippen LogP) is 3.74. The van der Waals surface area contributed by atoms with Crippen LogP contribution in [0.25, 0.3) is 10.1 Å². The Bertz CT molecular complexity index is 643. The molecule has 0 bridgehead atoms. The molecule has 4 heteroatoms. The number of hydrogen-bond donors (Lipinski definition) is 2.